The third kappa shape index (κ3) is 16.1. The van der Waals surface area contributed by atoms with Gasteiger partial charge in [0.05, 0.1) is 26.2 Å². The third-order valence-electron chi connectivity index (χ3n) is 13.0. The Hall–Kier alpha value is -4.39. The lowest BCUT2D eigenvalue weighted by molar-refractivity contribution is -0.121. The molecule has 3 N–H and O–H groups in total. The third-order valence-corrected chi connectivity index (χ3v) is 13.9. The quantitative estimate of drug-likeness (QED) is 0.0347. The zero-order valence-corrected chi connectivity index (χ0v) is 43.4. The molecule has 0 saturated heterocycles. The predicted molar refractivity (Wildman–Crippen MR) is 280 cm³/mol. The molecule has 2 aliphatic rings. The molecule has 0 atom stereocenters. The summed E-state index contributed by atoms with van der Waals surface area (Å²) < 4.78 is 13.9. The minimum absolute atomic E-state index is 0.0131. The van der Waals surface area contributed by atoms with Crippen LogP contribution in [0.5, 0.6) is 5.75 Å². The summed E-state index contributed by atoms with van der Waals surface area (Å²) in [5.41, 5.74) is 2.69. The van der Waals surface area contributed by atoms with E-state index in [1.54, 1.807) is 24.3 Å². The van der Waals surface area contributed by atoms with Crippen LogP contribution in [0.2, 0.25) is 15.1 Å². The molecule has 69 heavy (non-hydrogen) atoms. The molecule has 4 aromatic rings. The number of ether oxygens (including phenoxy) is 1. The largest absolute Gasteiger partial charge is 0.489 e. The number of nitrogens with one attached hydrogen (secondary N) is 2. The Morgan fingerprint density at radius 1 is 0.855 bits per heavy atom. The topological polar surface area (TPSA) is 135 Å². The van der Waals surface area contributed by atoms with E-state index in [0.29, 0.717) is 88.8 Å². The van der Waals surface area contributed by atoms with Crippen molar-refractivity contribution in [2.45, 2.75) is 154 Å². The second-order valence-corrected chi connectivity index (χ2v) is 20.2. The number of halogens is 3. The summed E-state index contributed by atoms with van der Waals surface area (Å²) in [6.45, 7) is 8.70. The molecule has 2 amide bonds. The Morgan fingerprint density at radius 2 is 1.46 bits per heavy atom. The highest BCUT2D eigenvalue weighted by atomic mass is 35.5. The Balaban J connectivity index is 0.867. The van der Waals surface area contributed by atoms with Gasteiger partial charge in [0.1, 0.15) is 29.5 Å². The van der Waals surface area contributed by atoms with Crippen molar-refractivity contribution in [3.63, 3.8) is 0 Å². The summed E-state index contributed by atoms with van der Waals surface area (Å²) in [6, 6.07) is 12.5. The van der Waals surface area contributed by atoms with Gasteiger partial charge in [0, 0.05) is 67.3 Å². The summed E-state index contributed by atoms with van der Waals surface area (Å²) in [4.78, 5) is 27.8. The number of amides is 2. The zero-order valence-electron chi connectivity index (χ0n) is 41.1. The van der Waals surface area contributed by atoms with E-state index in [4.69, 9.17) is 44.1 Å². The molecule has 0 spiro atoms. The molecule has 14 heteroatoms. The number of nitrogens with zero attached hydrogens (tertiary/aromatic N) is 4. The van der Waals surface area contributed by atoms with Gasteiger partial charge in [0.2, 0.25) is 5.91 Å². The number of likely N-dealkylation sites (N-methyl/N-ethyl adjacent to an activating group) is 1. The molecule has 2 aromatic heterocycles. The van der Waals surface area contributed by atoms with Crippen LogP contribution in [0, 0.1) is 0 Å². The SMILES string of the molecule is CC/C=C\CCCC/C=C\CCCC/C=C\CCCC(=O)NCCN(C)CCNC(=O)c1cc(C2CC(O)(c3ccc(OCc4c(-c5c(Cl)cccc5Cl)noc4C4CC4)cc3Cl)C2)n(C(C)C)n1. The van der Waals surface area contributed by atoms with E-state index in [2.05, 4.69) is 69.2 Å². The van der Waals surface area contributed by atoms with Crippen LogP contribution in [0.25, 0.3) is 11.3 Å². The van der Waals surface area contributed by atoms with E-state index < -0.39 is 5.60 Å². The van der Waals surface area contributed by atoms with Gasteiger partial charge in [0.25, 0.3) is 5.91 Å². The molecule has 0 aliphatic heterocycles. The molecule has 2 aliphatic carbocycles. The number of hydrogen-bond donors (Lipinski definition) is 3. The average Bonchev–Trinajstić information content (AvgIpc) is 3.91. The summed E-state index contributed by atoms with van der Waals surface area (Å²) in [5, 5.41) is 28.2. The first-order valence-electron chi connectivity index (χ1n) is 25.2. The van der Waals surface area contributed by atoms with Gasteiger partial charge in [-0.2, -0.15) is 5.10 Å². The van der Waals surface area contributed by atoms with Crippen molar-refractivity contribution < 1.29 is 24.0 Å². The highest BCUT2D eigenvalue weighted by Crippen LogP contribution is 2.53. The number of rotatable bonds is 30. The van der Waals surface area contributed by atoms with Crippen LogP contribution in [0.15, 0.2) is 83.4 Å². The van der Waals surface area contributed by atoms with Gasteiger partial charge in [-0.1, -0.05) is 95.5 Å². The van der Waals surface area contributed by atoms with E-state index in [1.807, 2.05) is 43.8 Å². The van der Waals surface area contributed by atoms with E-state index >= 15 is 0 Å². The number of unbranched alkanes of at least 4 members (excludes halogenated alkanes) is 7. The highest BCUT2D eigenvalue weighted by Gasteiger charge is 2.47. The van der Waals surface area contributed by atoms with Crippen molar-refractivity contribution in [3.8, 4) is 17.0 Å². The number of benzene rings is 2. The molecular formula is C55H73Cl3N6O5. The van der Waals surface area contributed by atoms with Crippen molar-refractivity contribution in [2.24, 2.45) is 0 Å². The Morgan fingerprint density at radius 3 is 2.06 bits per heavy atom. The van der Waals surface area contributed by atoms with E-state index in [0.717, 1.165) is 62.0 Å². The maximum absolute atomic E-state index is 13.3. The van der Waals surface area contributed by atoms with Gasteiger partial charge >= 0.3 is 0 Å². The zero-order chi connectivity index (χ0) is 49.2. The average molecular weight is 1000 g/mol. The molecule has 11 nitrogen and oxygen atoms in total. The van der Waals surface area contributed by atoms with Crippen LogP contribution in [0.1, 0.15) is 174 Å². The van der Waals surface area contributed by atoms with Crippen LogP contribution in [-0.4, -0.2) is 70.0 Å². The van der Waals surface area contributed by atoms with Crippen LogP contribution in [-0.2, 0) is 17.0 Å². The van der Waals surface area contributed by atoms with Gasteiger partial charge in [0.15, 0.2) is 0 Å². The minimum Gasteiger partial charge on any atom is -0.489 e. The van der Waals surface area contributed by atoms with Gasteiger partial charge < -0.3 is 29.9 Å². The highest BCUT2D eigenvalue weighted by molar-refractivity contribution is 6.39. The number of hydrogen-bond acceptors (Lipinski definition) is 8. The van der Waals surface area contributed by atoms with Crippen molar-refractivity contribution in [1.29, 1.82) is 0 Å². The molecule has 6 rings (SSSR count). The first kappa shape index (κ1) is 54.0. The fraction of sp³-hybridized carbons (Fsp3) is 0.527. The molecule has 374 valence electrons. The van der Waals surface area contributed by atoms with Crippen LogP contribution < -0.4 is 15.4 Å². The maximum Gasteiger partial charge on any atom is 0.271 e. The molecule has 2 fully saturated rings. The fourth-order valence-electron chi connectivity index (χ4n) is 8.81. The van der Waals surface area contributed by atoms with Crippen LogP contribution in [0.4, 0.5) is 0 Å². The summed E-state index contributed by atoms with van der Waals surface area (Å²) in [6.07, 6.45) is 29.5. The molecule has 2 saturated carbocycles. The normalized spacial score (nSPS) is 17.2. The number of carbonyl (C=O) groups is 2. The summed E-state index contributed by atoms with van der Waals surface area (Å²) in [5.74, 6) is 1.40. The van der Waals surface area contributed by atoms with Gasteiger partial charge in [-0.15, -0.1) is 0 Å². The van der Waals surface area contributed by atoms with Gasteiger partial charge in [-0.05, 0) is 148 Å². The summed E-state index contributed by atoms with van der Waals surface area (Å²) in [7, 11) is 1.97. The lowest BCUT2D eigenvalue weighted by Crippen LogP contribution is -2.41. The molecule has 0 unspecified atom stereocenters. The molecular weight excluding hydrogens is 931 g/mol. The van der Waals surface area contributed by atoms with E-state index in [1.165, 1.54) is 38.5 Å². The second kappa shape index (κ2) is 27.3. The van der Waals surface area contributed by atoms with Crippen molar-refractivity contribution >= 4 is 46.6 Å². The number of aromatic nitrogens is 3. The van der Waals surface area contributed by atoms with E-state index in [-0.39, 0.29) is 36.3 Å². The fourth-order valence-corrected chi connectivity index (χ4v) is 9.73. The maximum atomic E-state index is 13.3. The lowest BCUT2D eigenvalue weighted by Gasteiger charge is -2.44. The smallest absolute Gasteiger partial charge is 0.271 e. The first-order valence-corrected chi connectivity index (χ1v) is 26.4. The van der Waals surface area contributed by atoms with Crippen LogP contribution >= 0.6 is 34.8 Å². The van der Waals surface area contributed by atoms with Crippen molar-refractivity contribution in [1.82, 2.24) is 30.5 Å². The van der Waals surface area contributed by atoms with Crippen LogP contribution in [0.3, 0.4) is 0 Å². The first-order chi connectivity index (χ1) is 33.4. The molecule has 2 aromatic carbocycles. The number of aliphatic hydroxyl groups is 1. The van der Waals surface area contributed by atoms with Gasteiger partial charge in [-0.3, -0.25) is 14.3 Å². The molecule has 2 heterocycles. The monoisotopic (exact) mass is 1000 g/mol. The number of allylic oxidation sites excluding steroid dienone is 6. The summed E-state index contributed by atoms with van der Waals surface area (Å²) >= 11 is 19.9. The van der Waals surface area contributed by atoms with Crippen molar-refractivity contribution in [3.05, 3.63) is 122 Å². The Bertz CT molecular complexity index is 2340. The lowest BCUT2D eigenvalue weighted by atomic mass is 9.66. The standard InChI is InChI=1S/C55H73Cl3N6O5/c1-5-6-7-8-9-10-11-12-13-14-15-16-17-18-19-20-21-25-50(65)59-30-32-63(4)33-31-60-54(66)48-35-49(64(61-48)39(2)3)41-36-55(67,37-41)44-29-28-42(34-47(44)58)68-38-43-52(62-69-53(43)40-26-27-40)51-45(56)23-22-24-46(51)57/h6-7,12-13,18-19,22-24,28-29,34-35,39-41,67H,5,8-11,14-17,20-21,25-27,30-33,36-38H2,1-4H3,(H,59,65)(H,60,66)/b7-6-,13-12-,19-18-. The minimum atomic E-state index is -1.15. The molecule has 0 radical (unpaired) electrons. The van der Waals surface area contributed by atoms with Crippen molar-refractivity contribution in [2.75, 3.05) is 33.2 Å². The van der Waals surface area contributed by atoms with E-state index in [9.17, 15) is 14.7 Å². The molecule has 0 bridgehead atoms. The predicted octanol–water partition coefficient (Wildman–Crippen LogP) is 13.4. The number of carbonyl (C=O) groups excluding carboxylic acids is 2. The second-order valence-electron chi connectivity index (χ2n) is 19.0. The Labute approximate surface area is 425 Å². The van der Waals surface area contributed by atoms with Gasteiger partial charge in [-0.25, -0.2) is 0 Å². The Kier molecular flexibility index (Phi) is 21.3.